The van der Waals surface area contributed by atoms with E-state index in [0.29, 0.717) is 122 Å². The zero-order valence-corrected chi connectivity index (χ0v) is 45.9. The van der Waals surface area contributed by atoms with Gasteiger partial charge >= 0.3 is 0 Å². The molecule has 5 heterocycles. The van der Waals surface area contributed by atoms with Crippen LogP contribution in [0.2, 0.25) is 0 Å². The molecule has 0 bridgehead atoms. The number of fused-ring (bicyclic) bond motifs is 2. The van der Waals surface area contributed by atoms with Gasteiger partial charge in [-0.1, -0.05) is 80.4 Å². The summed E-state index contributed by atoms with van der Waals surface area (Å²) >= 11 is 1.28. The minimum atomic E-state index is -0.726. The SMILES string of the molecule is C=CC(=O)N1CCN(c2nc(NCCC(=O)NCCOCCOCCN[C@@H](C)C(=O)N[C@H](C(=O)N3CCC[C@H]3C(=O)NC3=C(c4ccccc4)NNS3)C3CCCCC3)nc3c2CCN(c2cc(O)cc4ccccc24)C3)CC1. The molecular formula is C57H75N13O8S. The molecule has 0 unspecified atom stereocenters. The van der Waals surface area contributed by atoms with Crippen molar-refractivity contribution < 1.29 is 38.6 Å². The van der Waals surface area contributed by atoms with Crippen LogP contribution in [0.1, 0.15) is 75.1 Å². The van der Waals surface area contributed by atoms with E-state index < -0.39 is 18.1 Å². The smallest absolute Gasteiger partial charge is 0.247 e. The number of nitrogens with zero attached hydrogens (tertiary/aromatic N) is 6. The highest BCUT2D eigenvalue weighted by Crippen LogP contribution is 2.37. The van der Waals surface area contributed by atoms with Crippen LogP contribution in [0.3, 0.4) is 0 Å². The Balaban J connectivity index is 0.679. The number of phenolic OH excluding ortho intramolecular Hbond substituents is 1. The van der Waals surface area contributed by atoms with Crippen LogP contribution >= 0.6 is 11.9 Å². The number of amides is 5. The maximum Gasteiger partial charge on any atom is 0.247 e. The van der Waals surface area contributed by atoms with Crippen LogP contribution in [0.5, 0.6) is 5.75 Å². The largest absolute Gasteiger partial charge is 0.508 e. The van der Waals surface area contributed by atoms with Crippen LogP contribution in [0, 0.1) is 5.92 Å². The van der Waals surface area contributed by atoms with Gasteiger partial charge < -0.3 is 66.2 Å². The van der Waals surface area contributed by atoms with Crippen molar-refractivity contribution in [2.75, 3.05) is 100 Å². The fourth-order valence-corrected chi connectivity index (χ4v) is 11.8. The average Bonchev–Trinajstić information content (AvgIpc) is 4.22. The third kappa shape index (κ3) is 14.6. The van der Waals surface area contributed by atoms with Crippen LogP contribution in [-0.4, -0.2) is 158 Å². The van der Waals surface area contributed by atoms with Gasteiger partial charge in [0, 0.05) is 93.6 Å². The summed E-state index contributed by atoms with van der Waals surface area (Å²) in [4.78, 5) is 87.9. The number of hydrogen-bond acceptors (Lipinski definition) is 17. The van der Waals surface area contributed by atoms with Crippen molar-refractivity contribution >= 4 is 75.4 Å². The van der Waals surface area contributed by atoms with Crippen molar-refractivity contribution in [2.45, 2.75) is 89.4 Å². The average molecular weight is 1100 g/mol. The van der Waals surface area contributed by atoms with Gasteiger partial charge in [-0.3, -0.25) is 24.0 Å². The molecule has 9 rings (SSSR count). The van der Waals surface area contributed by atoms with Crippen molar-refractivity contribution in [2.24, 2.45) is 5.92 Å². The predicted octanol–water partition coefficient (Wildman–Crippen LogP) is 3.92. The van der Waals surface area contributed by atoms with Crippen LogP contribution in [0.25, 0.3) is 16.5 Å². The molecular weight excluding hydrogens is 1030 g/mol. The van der Waals surface area contributed by atoms with E-state index in [4.69, 9.17) is 19.4 Å². The monoisotopic (exact) mass is 1100 g/mol. The summed E-state index contributed by atoms with van der Waals surface area (Å²) in [5, 5.41) is 28.8. The number of carbonyl (C=O) groups is 5. The first-order valence-corrected chi connectivity index (χ1v) is 28.7. The van der Waals surface area contributed by atoms with Gasteiger partial charge in [0.15, 0.2) is 0 Å². The summed E-state index contributed by atoms with van der Waals surface area (Å²) in [6, 6.07) is 19.3. The van der Waals surface area contributed by atoms with Crippen molar-refractivity contribution in [3.63, 3.8) is 0 Å². The maximum atomic E-state index is 14.4. The van der Waals surface area contributed by atoms with Crippen LogP contribution in [0.4, 0.5) is 17.5 Å². The Morgan fingerprint density at radius 1 is 0.848 bits per heavy atom. The van der Waals surface area contributed by atoms with E-state index in [-0.39, 0.29) is 47.6 Å². The second-order valence-electron chi connectivity index (χ2n) is 20.6. The molecule has 21 nitrogen and oxygen atoms in total. The van der Waals surface area contributed by atoms with Crippen molar-refractivity contribution in [3.8, 4) is 5.75 Å². The first kappa shape index (κ1) is 56.7. The normalized spacial score (nSPS) is 18.4. The lowest BCUT2D eigenvalue weighted by Gasteiger charge is -2.38. The van der Waals surface area contributed by atoms with E-state index in [1.165, 1.54) is 18.0 Å². The van der Waals surface area contributed by atoms with E-state index in [1.807, 2.05) is 48.5 Å². The zero-order chi connectivity index (χ0) is 55.1. The molecule has 0 spiro atoms. The fourth-order valence-electron chi connectivity index (χ4n) is 11.1. The van der Waals surface area contributed by atoms with E-state index in [1.54, 1.807) is 28.9 Å². The van der Waals surface area contributed by atoms with Gasteiger partial charge in [-0.05, 0) is 74.4 Å². The first-order chi connectivity index (χ1) is 38.5. The van der Waals surface area contributed by atoms with E-state index in [2.05, 4.69) is 59.3 Å². The van der Waals surface area contributed by atoms with Gasteiger partial charge in [0.1, 0.15) is 28.7 Å². The maximum absolute atomic E-state index is 14.4. The van der Waals surface area contributed by atoms with Crippen molar-refractivity contribution in [1.82, 2.24) is 51.3 Å². The summed E-state index contributed by atoms with van der Waals surface area (Å²) in [6.45, 7) is 11.7. The third-order valence-corrected chi connectivity index (χ3v) is 16.0. The van der Waals surface area contributed by atoms with Crippen LogP contribution < -0.4 is 46.6 Å². The molecule has 1 aromatic heterocycles. The number of aromatic nitrogens is 2. The van der Waals surface area contributed by atoms with Crippen LogP contribution in [-0.2, 0) is 46.4 Å². The topological polar surface area (TPSA) is 247 Å². The molecule has 1 aliphatic carbocycles. The number of phenols is 1. The van der Waals surface area contributed by atoms with Crippen molar-refractivity contribution in [3.05, 3.63) is 101 Å². The number of benzene rings is 3. The van der Waals surface area contributed by atoms with E-state index in [0.717, 1.165) is 76.9 Å². The highest BCUT2D eigenvalue weighted by Gasteiger charge is 2.42. The molecule has 0 radical (unpaired) electrons. The van der Waals surface area contributed by atoms with Gasteiger partial charge in [-0.2, -0.15) is 9.82 Å². The molecule has 22 heteroatoms. The summed E-state index contributed by atoms with van der Waals surface area (Å²) in [5.74, 6) is 0.469. The Labute approximate surface area is 466 Å². The zero-order valence-electron chi connectivity index (χ0n) is 45.1. The van der Waals surface area contributed by atoms with E-state index >= 15 is 0 Å². The lowest BCUT2D eigenvalue weighted by molar-refractivity contribution is -0.143. The Morgan fingerprint density at radius 2 is 1.61 bits per heavy atom. The number of nitrogens with one attached hydrogen (secondary N) is 7. The van der Waals surface area contributed by atoms with Gasteiger partial charge in [0.05, 0.1) is 50.4 Å². The Morgan fingerprint density at radius 3 is 2.39 bits per heavy atom. The summed E-state index contributed by atoms with van der Waals surface area (Å²) < 4.78 is 11.5. The minimum Gasteiger partial charge on any atom is -0.508 e. The number of aromatic hydroxyl groups is 1. The Bertz CT molecular complexity index is 2830. The summed E-state index contributed by atoms with van der Waals surface area (Å²) in [5.41, 5.74) is 7.66. The number of rotatable bonds is 24. The molecule has 1 saturated carbocycles. The second kappa shape index (κ2) is 27.7. The van der Waals surface area contributed by atoms with Crippen molar-refractivity contribution in [1.29, 1.82) is 0 Å². The summed E-state index contributed by atoms with van der Waals surface area (Å²) in [6.07, 6.45) is 8.22. The minimum absolute atomic E-state index is 0.0119. The molecule has 5 amide bonds. The number of hydrogen-bond donors (Lipinski definition) is 8. The Hall–Kier alpha value is -6.98. The molecule has 3 fully saturated rings. The van der Waals surface area contributed by atoms with Gasteiger partial charge in [-0.25, -0.2) is 4.98 Å². The number of anilines is 3. The molecule has 422 valence electrons. The molecule has 3 aromatic carbocycles. The second-order valence-corrected chi connectivity index (χ2v) is 21.4. The lowest BCUT2D eigenvalue weighted by Crippen LogP contribution is -2.58. The highest BCUT2D eigenvalue weighted by molar-refractivity contribution is 8.01. The summed E-state index contributed by atoms with van der Waals surface area (Å²) in [7, 11) is 0. The van der Waals surface area contributed by atoms with Gasteiger partial charge in [0.2, 0.25) is 35.5 Å². The molecule has 3 atom stereocenters. The number of carbonyl (C=O) groups excluding carboxylic acids is 5. The molecule has 5 aliphatic rings. The molecule has 79 heavy (non-hydrogen) atoms. The molecule has 8 N–H and O–H groups in total. The Kier molecular flexibility index (Phi) is 19.9. The molecule has 4 aromatic rings. The van der Waals surface area contributed by atoms with Crippen LogP contribution in [0.15, 0.2) is 84.4 Å². The number of hydrazine groups is 1. The third-order valence-electron chi connectivity index (χ3n) is 15.3. The molecule has 2 saturated heterocycles. The standard InChI is InChI=1S/C57H75N13O8S/c1-3-49(73)67-27-29-68(30-28-67)52-44-21-26-69(47-36-42(71)35-41-17-10-11-18-43(41)47)37-45(44)61-57(63-52)60-22-20-48(72)59-24-32-78-34-33-77-31-23-58-38(2)53(74)62-51(40-15-8-5-9-16-40)56(76)70-25-12-19-46(70)54(75)64-55-50(65-66-79-55)39-13-6-4-7-14-39/h3-4,6-7,10-11,13-14,17-18,35-36,38,40,46,51,58,65-66,71H,1,5,8-9,12,15-16,19-34,37H2,2H3,(H,59,72)(H,62,74)(H,64,75)(H,60,61,63)/t38-,46-,51-/m0/s1. The fraction of sp³-hybridized carbons (Fsp3) is 0.491. The first-order valence-electron chi connectivity index (χ1n) is 27.9. The quantitative estimate of drug-likeness (QED) is 0.0282. The number of likely N-dealkylation sites (tertiary alicyclic amines) is 1. The highest BCUT2D eigenvalue weighted by atomic mass is 32.2. The predicted molar refractivity (Wildman–Crippen MR) is 305 cm³/mol. The van der Waals surface area contributed by atoms with E-state index in [9.17, 15) is 29.1 Å². The van der Waals surface area contributed by atoms with Gasteiger partial charge in [-0.15, -0.1) is 0 Å². The number of piperazine rings is 1. The van der Waals surface area contributed by atoms with Gasteiger partial charge in [0.25, 0.3) is 0 Å². The number of ether oxygens (including phenoxy) is 2. The lowest BCUT2D eigenvalue weighted by atomic mass is 9.83. The molecule has 4 aliphatic heterocycles.